The van der Waals surface area contributed by atoms with Gasteiger partial charge < -0.3 is 4.90 Å². The number of carbonyl (C=O) groups is 1. The summed E-state index contributed by atoms with van der Waals surface area (Å²) in [5.41, 5.74) is 0.674. The second-order valence-electron chi connectivity index (χ2n) is 4.28. The molecule has 0 aromatic carbocycles. The molecule has 0 unspecified atom stereocenters. The molecule has 6 nitrogen and oxygen atoms in total. The Kier molecular flexibility index (Phi) is 3.88. The molecule has 1 saturated heterocycles. The summed E-state index contributed by atoms with van der Waals surface area (Å²) in [6.07, 6.45) is 0. The molecule has 0 atom stereocenters. The van der Waals surface area contributed by atoms with E-state index in [0.29, 0.717) is 10.6 Å². The average Bonchev–Trinajstić information content (AvgIpc) is 2.66. The molecule has 0 spiro atoms. The highest BCUT2D eigenvalue weighted by atomic mass is 32.3. The van der Waals surface area contributed by atoms with Gasteiger partial charge in [0.25, 0.3) is 5.91 Å². The Morgan fingerprint density at radius 1 is 1.26 bits per heavy atom. The Morgan fingerprint density at radius 3 is 2.26 bits per heavy atom. The van der Waals surface area contributed by atoms with Gasteiger partial charge in [0.2, 0.25) is 0 Å². The second kappa shape index (κ2) is 5.14. The van der Waals surface area contributed by atoms with Crippen molar-refractivity contribution >= 4 is 27.7 Å². The van der Waals surface area contributed by atoms with Gasteiger partial charge in [-0.2, -0.15) is 12.7 Å². The number of hydrogen-bond acceptors (Lipinski definition) is 5. The van der Waals surface area contributed by atoms with Gasteiger partial charge in [0, 0.05) is 26.2 Å². The van der Waals surface area contributed by atoms with Crippen molar-refractivity contribution in [3.8, 4) is 0 Å². The van der Waals surface area contributed by atoms with E-state index in [4.69, 9.17) is 0 Å². The van der Waals surface area contributed by atoms with Gasteiger partial charge in [-0.1, -0.05) is 3.89 Å². The van der Waals surface area contributed by atoms with Crippen LogP contribution >= 0.6 is 11.3 Å². The van der Waals surface area contributed by atoms with Crippen LogP contribution in [0.1, 0.15) is 20.4 Å². The zero-order valence-electron chi connectivity index (χ0n) is 10.6. The highest BCUT2D eigenvalue weighted by Crippen LogP contribution is 2.20. The maximum Gasteiger partial charge on any atom is 0.374 e. The molecule has 0 N–H and O–H groups in total. The van der Waals surface area contributed by atoms with Crippen molar-refractivity contribution in [1.29, 1.82) is 0 Å². The minimum atomic E-state index is -4.66. The molecular weight excluding hydrogens is 293 g/mol. The van der Waals surface area contributed by atoms with Crippen LogP contribution in [0.15, 0.2) is 0 Å². The van der Waals surface area contributed by atoms with E-state index < -0.39 is 10.4 Å². The van der Waals surface area contributed by atoms with Gasteiger partial charge in [0.05, 0.1) is 10.7 Å². The summed E-state index contributed by atoms with van der Waals surface area (Å²) in [6.45, 7) is 3.95. The molecule has 2 rings (SSSR count). The summed E-state index contributed by atoms with van der Waals surface area (Å²) in [4.78, 5) is 18.5. The predicted octanol–water partition coefficient (Wildman–Crippen LogP) is 0.732. The van der Waals surface area contributed by atoms with Crippen LogP contribution in [0, 0.1) is 13.8 Å². The Balaban J connectivity index is 2.06. The van der Waals surface area contributed by atoms with Gasteiger partial charge in [-0.25, -0.2) is 4.98 Å². The van der Waals surface area contributed by atoms with Crippen LogP contribution in [-0.4, -0.2) is 54.7 Å². The third kappa shape index (κ3) is 3.10. The Bertz CT molecular complexity index is 591. The lowest BCUT2D eigenvalue weighted by molar-refractivity contribution is 0.0699. The number of aryl methyl sites for hydroxylation is 2. The molecule has 9 heteroatoms. The molecule has 0 radical (unpaired) electrons. The monoisotopic (exact) mass is 307 g/mol. The molecule has 1 aliphatic rings. The van der Waals surface area contributed by atoms with E-state index >= 15 is 0 Å². The van der Waals surface area contributed by atoms with Crippen molar-refractivity contribution in [1.82, 2.24) is 14.2 Å². The van der Waals surface area contributed by atoms with Gasteiger partial charge in [-0.05, 0) is 13.8 Å². The van der Waals surface area contributed by atoms with E-state index in [1.807, 2.05) is 6.92 Å². The number of carbonyl (C=O) groups excluding carboxylic acids is 1. The maximum atomic E-state index is 12.8. The van der Waals surface area contributed by atoms with E-state index in [2.05, 4.69) is 4.98 Å². The number of rotatable bonds is 2. The lowest BCUT2D eigenvalue weighted by Gasteiger charge is -2.31. The van der Waals surface area contributed by atoms with Gasteiger partial charge in [0.1, 0.15) is 4.88 Å². The Hall–Kier alpha value is -1.06. The van der Waals surface area contributed by atoms with Crippen molar-refractivity contribution in [2.24, 2.45) is 0 Å². The molecule has 1 fully saturated rings. The quantitative estimate of drug-likeness (QED) is 0.755. The van der Waals surface area contributed by atoms with Gasteiger partial charge in [0.15, 0.2) is 0 Å². The lowest BCUT2D eigenvalue weighted by Crippen LogP contribution is -2.49. The summed E-state index contributed by atoms with van der Waals surface area (Å²) < 4.78 is 35.0. The second-order valence-corrected chi connectivity index (χ2v) is 6.82. The van der Waals surface area contributed by atoms with Crippen molar-refractivity contribution in [2.75, 3.05) is 26.2 Å². The highest BCUT2D eigenvalue weighted by molar-refractivity contribution is 7.83. The number of aromatic nitrogens is 1. The fraction of sp³-hybridized carbons (Fsp3) is 0.600. The smallest absolute Gasteiger partial charge is 0.335 e. The lowest BCUT2D eigenvalue weighted by atomic mass is 10.3. The molecule has 0 aliphatic carbocycles. The van der Waals surface area contributed by atoms with Crippen LogP contribution in [-0.2, 0) is 10.4 Å². The molecule has 19 heavy (non-hydrogen) atoms. The number of piperazine rings is 1. The van der Waals surface area contributed by atoms with Crippen molar-refractivity contribution < 1.29 is 17.1 Å². The van der Waals surface area contributed by atoms with Crippen LogP contribution in [0.3, 0.4) is 0 Å². The number of nitrogens with zero attached hydrogens (tertiary/aromatic N) is 3. The van der Waals surface area contributed by atoms with Gasteiger partial charge in [-0.3, -0.25) is 4.79 Å². The third-order valence-electron chi connectivity index (χ3n) is 2.93. The zero-order valence-corrected chi connectivity index (χ0v) is 12.2. The molecule has 0 saturated carbocycles. The molecule has 2 heterocycles. The first kappa shape index (κ1) is 14.4. The summed E-state index contributed by atoms with van der Waals surface area (Å²) in [6, 6.07) is 0. The first-order chi connectivity index (χ1) is 8.79. The van der Waals surface area contributed by atoms with Crippen LogP contribution in [0.4, 0.5) is 3.89 Å². The van der Waals surface area contributed by atoms with Crippen molar-refractivity contribution in [3.63, 3.8) is 0 Å². The third-order valence-corrected chi connectivity index (χ3v) is 4.97. The first-order valence-corrected chi connectivity index (χ1v) is 7.88. The standard InChI is InChI=1S/C10H14FN3O3S2/c1-7-9(18-8(2)12-7)10(15)13-3-5-14(6-4-13)19(11,16)17/h3-6H2,1-2H3. The fourth-order valence-corrected chi connectivity index (χ4v) is 3.47. The molecule has 1 aromatic heterocycles. The van der Waals surface area contributed by atoms with Gasteiger partial charge >= 0.3 is 10.4 Å². The fourth-order valence-electron chi connectivity index (χ4n) is 1.98. The normalized spacial score (nSPS) is 17.7. The molecular formula is C10H14FN3O3S2. The minimum Gasteiger partial charge on any atom is -0.335 e. The highest BCUT2D eigenvalue weighted by Gasteiger charge is 2.30. The molecule has 1 amide bonds. The van der Waals surface area contributed by atoms with Crippen molar-refractivity contribution in [2.45, 2.75) is 13.8 Å². The molecule has 1 aliphatic heterocycles. The summed E-state index contributed by atoms with van der Waals surface area (Å²) in [5, 5.41) is 0.811. The van der Waals surface area contributed by atoms with E-state index in [-0.39, 0.29) is 32.1 Å². The average molecular weight is 307 g/mol. The Labute approximate surface area is 115 Å². The van der Waals surface area contributed by atoms with E-state index in [1.54, 1.807) is 6.92 Å². The summed E-state index contributed by atoms with van der Waals surface area (Å²) in [5.74, 6) is -0.168. The SMILES string of the molecule is Cc1nc(C)c(C(=O)N2CCN(S(=O)(=O)F)CC2)s1. The molecule has 106 valence electrons. The Morgan fingerprint density at radius 2 is 1.84 bits per heavy atom. The van der Waals surface area contributed by atoms with E-state index in [1.165, 1.54) is 16.2 Å². The number of thiazole rings is 1. The van der Waals surface area contributed by atoms with Crippen LogP contribution in [0.5, 0.6) is 0 Å². The number of halogens is 1. The summed E-state index contributed by atoms with van der Waals surface area (Å²) in [7, 11) is -4.66. The topological polar surface area (TPSA) is 70.6 Å². The zero-order chi connectivity index (χ0) is 14.2. The van der Waals surface area contributed by atoms with Gasteiger partial charge in [-0.15, -0.1) is 11.3 Å². The minimum absolute atomic E-state index is 0.0125. The van der Waals surface area contributed by atoms with E-state index in [9.17, 15) is 17.1 Å². The first-order valence-electron chi connectivity index (χ1n) is 5.72. The van der Waals surface area contributed by atoms with E-state index in [0.717, 1.165) is 9.31 Å². The number of amides is 1. The largest absolute Gasteiger partial charge is 0.374 e. The summed E-state index contributed by atoms with van der Waals surface area (Å²) >= 11 is 1.31. The van der Waals surface area contributed by atoms with Crippen molar-refractivity contribution in [3.05, 3.63) is 15.6 Å². The molecule has 1 aromatic rings. The van der Waals surface area contributed by atoms with Crippen LogP contribution in [0.2, 0.25) is 0 Å². The van der Waals surface area contributed by atoms with Crippen LogP contribution in [0.25, 0.3) is 0 Å². The predicted molar refractivity (Wildman–Crippen MR) is 69.1 cm³/mol. The molecule has 0 bridgehead atoms. The maximum absolute atomic E-state index is 12.8. The van der Waals surface area contributed by atoms with Crippen LogP contribution < -0.4 is 0 Å². The number of hydrogen-bond donors (Lipinski definition) is 0.